The molecular weight excluding hydrogens is 348 g/mol. The van der Waals surface area contributed by atoms with E-state index in [0.717, 1.165) is 25.7 Å². The van der Waals surface area contributed by atoms with Crippen LogP contribution in [0.4, 0.5) is 0 Å². The number of rotatable bonds is 1. The van der Waals surface area contributed by atoms with Crippen molar-refractivity contribution in [2.45, 2.75) is 62.4 Å². The smallest absolute Gasteiger partial charge is 0.139 e. The van der Waals surface area contributed by atoms with Crippen LogP contribution in [-0.4, -0.2) is 27.2 Å². The van der Waals surface area contributed by atoms with Crippen LogP contribution in [0.25, 0.3) is 0 Å². The molecule has 1 heterocycles. The monoisotopic (exact) mass is 376 g/mol. The minimum atomic E-state index is -0.285. The van der Waals surface area contributed by atoms with Crippen molar-refractivity contribution < 1.29 is 9.59 Å². The lowest BCUT2D eigenvalue weighted by Crippen LogP contribution is -2.52. The predicted molar refractivity (Wildman–Crippen MR) is 105 cm³/mol. The maximum absolute atomic E-state index is 13.3. The Morgan fingerprint density at radius 1 is 1.12 bits per heavy atom. The van der Waals surface area contributed by atoms with Crippen molar-refractivity contribution in [1.29, 1.82) is 0 Å². The molecule has 1 spiro atoms. The number of allylic oxidation sites excluding steroid dienone is 1. The molecule has 1 saturated heterocycles. The van der Waals surface area contributed by atoms with Crippen molar-refractivity contribution >= 4 is 35.1 Å². The van der Waals surface area contributed by atoms with Gasteiger partial charge in [-0.25, -0.2) is 0 Å². The Bertz CT molecular complexity index is 648. The molecule has 4 heteroatoms. The van der Waals surface area contributed by atoms with E-state index in [-0.39, 0.29) is 11.3 Å². The van der Waals surface area contributed by atoms with Crippen molar-refractivity contribution in [2.75, 3.05) is 11.5 Å². The summed E-state index contributed by atoms with van der Waals surface area (Å²) in [6.45, 7) is 2.14. The Hall–Kier alpha value is -0.220. The summed E-state index contributed by atoms with van der Waals surface area (Å²) in [4.78, 5) is 25.9. The highest BCUT2D eigenvalue weighted by molar-refractivity contribution is 8.21. The minimum Gasteiger partial charge on any atom is -0.299 e. The molecule has 5 aliphatic rings. The molecule has 2 unspecified atom stereocenters. The number of hydrogen-bond donors (Lipinski definition) is 0. The first kappa shape index (κ1) is 16.9. The highest BCUT2D eigenvalue weighted by Crippen LogP contribution is 2.63. The molecule has 4 fully saturated rings. The van der Waals surface area contributed by atoms with Gasteiger partial charge in [0.1, 0.15) is 11.6 Å². The fraction of sp³-hybridized carbons (Fsp3) is 0.810. The summed E-state index contributed by atoms with van der Waals surface area (Å²) in [5.41, 5.74) is 1.31. The molecule has 136 valence electrons. The summed E-state index contributed by atoms with van der Waals surface area (Å²) >= 11 is 4.25. The van der Waals surface area contributed by atoms with Gasteiger partial charge in [-0.15, -0.1) is 23.5 Å². The van der Waals surface area contributed by atoms with Gasteiger partial charge in [-0.1, -0.05) is 18.6 Å². The number of Topliss-reactive ketones (excluding diaryl/α,β-unsaturated/α-hetero) is 2. The average Bonchev–Trinajstić information content (AvgIpc) is 3.20. The van der Waals surface area contributed by atoms with Gasteiger partial charge < -0.3 is 0 Å². The molecule has 3 saturated carbocycles. The Kier molecular flexibility index (Phi) is 3.98. The van der Waals surface area contributed by atoms with Gasteiger partial charge in [0.05, 0.1) is 4.08 Å². The maximum Gasteiger partial charge on any atom is 0.139 e. The van der Waals surface area contributed by atoms with E-state index in [1.54, 1.807) is 5.57 Å². The van der Waals surface area contributed by atoms with E-state index < -0.39 is 0 Å². The molecule has 4 aliphatic carbocycles. The molecule has 0 bridgehead atoms. The lowest BCUT2D eigenvalue weighted by molar-refractivity contribution is -0.147. The van der Waals surface area contributed by atoms with E-state index in [9.17, 15) is 9.59 Å². The first-order chi connectivity index (χ1) is 12.1. The van der Waals surface area contributed by atoms with Crippen molar-refractivity contribution in [3.8, 4) is 0 Å². The van der Waals surface area contributed by atoms with E-state index in [4.69, 9.17) is 0 Å². The van der Waals surface area contributed by atoms with Crippen molar-refractivity contribution in [2.24, 2.45) is 29.1 Å². The first-order valence-corrected chi connectivity index (χ1v) is 12.1. The third-order valence-electron chi connectivity index (χ3n) is 8.08. The molecule has 0 aromatic heterocycles. The summed E-state index contributed by atoms with van der Waals surface area (Å²) in [7, 11) is 0. The SMILES string of the molecule is CC[C@]12CC(=O)C3[C@H](CCC4=CC5(CC[C@H]43)SCCS5)C1CCC2=O. The van der Waals surface area contributed by atoms with Gasteiger partial charge in [0.2, 0.25) is 0 Å². The van der Waals surface area contributed by atoms with Crippen molar-refractivity contribution in [3.05, 3.63) is 11.6 Å². The summed E-state index contributed by atoms with van der Waals surface area (Å²) in [5.74, 6) is 5.05. The number of carbonyl (C=O) groups excluding carboxylic acids is 2. The molecule has 0 aromatic carbocycles. The molecular formula is C21H28O2S2. The third kappa shape index (κ3) is 2.32. The van der Waals surface area contributed by atoms with Crippen LogP contribution >= 0.6 is 23.5 Å². The van der Waals surface area contributed by atoms with E-state index in [1.165, 1.54) is 30.8 Å². The quantitative estimate of drug-likeness (QED) is 0.611. The Labute approximate surface area is 159 Å². The number of ketones is 2. The highest BCUT2D eigenvalue weighted by atomic mass is 32.2. The van der Waals surface area contributed by atoms with Crippen LogP contribution < -0.4 is 0 Å². The lowest BCUT2D eigenvalue weighted by Gasteiger charge is -2.52. The van der Waals surface area contributed by atoms with Crippen molar-refractivity contribution in [3.63, 3.8) is 0 Å². The number of hydrogen-bond acceptors (Lipinski definition) is 4. The molecule has 25 heavy (non-hydrogen) atoms. The average molecular weight is 377 g/mol. The summed E-state index contributed by atoms with van der Waals surface area (Å²) in [6, 6.07) is 0. The van der Waals surface area contributed by atoms with Crippen LogP contribution in [0.5, 0.6) is 0 Å². The van der Waals surface area contributed by atoms with Gasteiger partial charge in [0.15, 0.2) is 0 Å². The standard InChI is InChI=1S/C21H28O2S2/c1-2-20-12-17(22)19-14-7-8-21(24-9-10-25-21)11-13(14)3-4-15(19)16(20)5-6-18(20)23/h11,14-16,19H,2-10,12H2,1H3/t14-,15-,16?,19?,20+/m1/s1. The van der Waals surface area contributed by atoms with Gasteiger partial charge in [-0.3, -0.25) is 9.59 Å². The molecule has 5 rings (SSSR count). The first-order valence-electron chi connectivity index (χ1n) is 10.1. The van der Waals surface area contributed by atoms with Gasteiger partial charge in [-0.05, 0) is 56.3 Å². The van der Waals surface area contributed by atoms with Crippen LogP contribution in [0.15, 0.2) is 11.6 Å². The minimum absolute atomic E-state index is 0.226. The second-order valence-electron chi connectivity index (χ2n) is 8.82. The third-order valence-corrected chi connectivity index (χ3v) is 11.5. The Morgan fingerprint density at radius 3 is 2.68 bits per heavy atom. The number of fused-ring (bicyclic) bond motifs is 5. The Balaban J connectivity index is 1.48. The maximum atomic E-state index is 13.3. The second kappa shape index (κ2) is 5.89. The van der Waals surface area contributed by atoms with Gasteiger partial charge in [0, 0.05) is 35.7 Å². The van der Waals surface area contributed by atoms with Gasteiger partial charge >= 0.3 is 0 Å². The molecule has 0 N–H and O–H groups in total. The highest BCUT2D eigenvalue weighted by Gasteiger charge is 2.61. The molecule has 2 nitrogen and oxygen atoms in total. The van der Waals surface area contributed by atoms with E-state index in [0.29, 0.717) is 39.8 Å². The van der Waals surface area contributed by atoms with E-state index in [1.807, 2.05) is 0 Å². The van der Waals surface area contributed by atoms with Gasteiger partial charge in [0.25, 0.3) is 0 Å². The summed E-state index contributed by atoms with van der Waals surface area (Å²) < 4.78 is 0.326. The van der Waals surface area contributed by atoms with Crippen LogP contribution in [0.1, 0.15) is 58.3 Å². The Morgan fingerprint density at radius 2 is 1.92 bits per heavy atom. The van der Waals surface area contributed by atoms with Crippen LogP contribution in [0.3, 0.4) is 0 Å². The second-order valence-corrected chi connectivity index (χ2v) is 11.9. The van der Waals surface area contributed by atoms with E-state index >= 15 is 0 Å². The predicted octanol–water partition coefficient (Wildman–Crippen LogP) is 4.87. The number of thioether (sulfide) groups is 2. The zero-order chi connectivity index (χ0) is 17.2. The summed E-state index contributed by atoms with van der Waals surface area (Å²) in [5, 5.41) is 0. The zero-order valence-electron chi connectivity index (χ0n) is 15.1. The zero-order valence-corrected chi connectivity index (χ0v) is 16.7. The topological polar surface area (TPSA) is 34.1 Å². The molecule has 5 atom stereocenters. The van der Waals surface area contributed by atoms with Gasteiger partial charge in [-0.2, -0.15) is 0 Å². The largest absolute Gasteiger partial charge is 0.299 e. The van der Waals surface area contributed by atoms with Crippen LogP contribution in [0, 0.1) is 29.1 Å². The molecule has 0 radical (unpaired) electrons. The fourth-order valence-electron chi connectivity index (χ4n) is 6.98. The van der Waals surface area contributed by atoms with Crippen LogP contribution in [0.2, 0.25) is 0 Å². The van der Waals surface area contributed by atoms with Crippen molar-refractivity contribution in [1.82, 2.24) is 0 Å². The van der Waals surface area contributed by atoms with E-state index in [2.05, 4.69) is 36.5 Å². The summed E-state index contributed by atoms with van der Waals surface area (Å²) in [6.07, 6.45) is 10.5. The normalized spacial score (nSPS) is 45.1. The van der Waals surface area contributed by atoms with Crippen LogP contribution in [-0.2, 0) is 9.59 Å². The number of carbonyl (C=O) groups is 2. The molecule has 0 amide bonds. The fourth-order valence-corrected chi connectivity index (χ4v) is 10.2. The molecule has 1 aliphatic heterocycles. The lowest BCUT2D eigenvalue weighted by atomic mass is 9.51. The molecule has 0 aromatic rings.